The summed E-state index contributed by atoms with van der Waals surface area (Å²) >= 11 is 0. The van der Waals surface area contributed by atoms with Gasteiger partial charge in [-0.05, 0) is 19.3 Å². The van der Waals surface area contributed by atoms with Crippen molar-refractivity contribution in [3.63, 3.8) is 0 Å². The number of anilines is 3. The Morgan fingerprint density at radius 3 is 2.50 bits per heavy atom. The Kier molecular flexibility index (Phi) is 5.27. The number of piperidine rings is 1. The Morgan fingerprint density at radius 2 is 1.85 bits per heavy atom. The van der Waals surface area contributed by atoms with Gasteiger partial charge in [0.2, 0.25) is 17.8 Å². The molecule has 9 heteroatoms. The molecule has 1 fully saturated rings. The van der Waals surface area contributed by atoms with Crippen molar-refractivity contribution in [3.05, 3.63) is 0 Å². The molecule has 0 spiro atoms. The van der Waals surface area contributed by atoms with Crippen molar-refractivity contribution in [1.29, 1.82) is 0 Å². The van der Waals surface area contributed by atoms with Crippen molar-refractivity contribution < 1.29 is 10.2 Å². The highest BCUT2D eigenvalue weighted by molar-refractivity contribution is 5.43. The van der Waals surface area contributed by atoms with E-state index in [-0.39, 0.29) is 19.1 Å². The number of aromatic nitrogens is 3. The number of nitrogens with zero attached hydrogens (tertiary/aromatic N) is 4. The lowest BCUT2D eigenvalue weighted by molar-refractivity contribution is 0.105. The number of hydrogen-bond acceptors (Lipinski definition) is 9. The average Bonchev–Trinajstić information content (AvgIpc) is 2.53. The topological polar surface area (TPSA) is 132 Å². The molecule has 1 aromatic rings. The summed E-state index contributed by atoms with van der Waals surface area (Å²) in [4.78, 5) is 14.7. The maximum Gasteiger partial charge on any atom is 0.243 e. The van der Waals surface area contributed by atoms with E-state index in [9.17, 15) is 5.11 Å². The number of hydrogen-bond donors (Lipinski definition) is 5. The van der Waals surface area contributed by atoms with Gasteiger partial charge in [-0.15, -0.1) is 0 Å². The fourth-order valence-corrected chi connectivity index (χ4v) is 2.02. The third-order valence-corrected chi connectivity index (χ3v) is 3.10. The van der Waals surface area contributed by atoms with Crippen LogP contribution in [0.4, 0.5) is 17.8 Å². The van der Waals surface area contributed by atoms with Crippen LogP contribution in [0.3, 0.4) is 0 Å². The van der Waals surface area contributed by atoms with Crippen LogP contribution in [0.5, 0.6) is 0 Å². The van der Waals surface area contributed by atoms with Gasteiger partial charge in [0.1, 0.15) is 0 Å². The molecule has 112 valence electrons. The minimum Gasteiger partial charge on any atom is -0.394 e. The summed E-state index contributed by atoms with van der Waals surface area (Å²) in [5.41, 5.74) is 2.41. The van der Waals surface area contributed by atoms with Crippen LogP contribution in [0, 0.1) is 0 Å². The van der Waals surface area contributed by atoms with E-state index in [4.69, 9.17) is 10.9 Å². The van der Waals surface area contributed by atoms with Crippen LogP contribution in [0.15, 0.2) is 0 Å². The lowest BCUT2D eigenvalue weighted by Gasteiger charge is -2.26. The maximum atomic E-state index is 9.33. The van der Waals surface area contributed by atoms with Crippen LogP contribution < -0.4 is 21.5 Å². The molecular weight excluding hydrogens is 262 g/mol. The van der Waals surface area contributed by atoms with Gasteiger partial charge in [-0.1, -0.05) is 0 Å². The van der Waals surface area contributed by atoms with E-state index in [1.165, 1.54) is 6.42 Å². The summed E-state index contributed by atoms with van der Waals surface area (Å²) in [6.45, 7) is 1.66. The van der Waals surface area contributed by atoms with Gasteiger partial charge in [-0.25, -0.2) is 5.84 Å². The maximum absolute atomic E-state index is 9.33. The number of aliphatic hydroxyl groups excluding tert-OH is 2. The molecule has 1 saturated heterocycles. The molecule has 9 nitrogen and oxygen atoms in total. The van der Waals surface area contributed by atoms with Crippen LogP contribution in [-0.4, -0.2) is 57.5 Å². The zero-order chi connectivity index (χ0) is 14.4. The number of rotatable bonds is 6. The minimum atomic E-state index is -0.862. The van der Waals surface area contributed by atoms with E-state index in [1.807, 2.05) is 0 Å². The predicted octanol–water partition coefficient (Wildman–Crippen LogP) is -1.09. The molecule has 0 aromatic carbocycles. The molecular formula is C11H21N7O2. The molecule has 6 N–H and O–H groups in total. The molecule has 2 rings (SSSR count). The SMILES string of the molecule is NNc1nc(NCC(O)CO)nc(N2CCCCC2)n1. The molecule has 0 amide bonds. The van der Waals surface area contributed by atoms with Gasteiger partial charge < -0.3 is 20.4 Å². The average molecular weight is 283 g/mol. The van der Waals surface area contributed by atoms with Gasteiger partial charge in [0.05, 0.1) is 12.7 Å². The Labute approximate surface area is 117 Å². The predicted molar refractivity (Wildman–Crippen MR) is 75.3 cm³/mol. The van der Waals surface area contributed by atoms with Crippen LogP contribution in [-0.2, 0) is 0 Å². The first-order valence-corrected chi connectivity index (χ1v) is 6.73. The van der Waals surface area contributed by atoms with Gasteiger partial charge in [0.15, 0.2) is 0 Å². The highest BCUT2D eigenvalue weighted by Gasteiger charge is 2.16. The Bertz CT molecular complexity index is 425. The summed E-state index contributed by atoms with van der Waals surface area (Å²) in [7, 11) is 0. The van der Waals surface area contributed by atoms with Gasteiger partial charge in [0.25, 0.3) is 0 Å². The van der Waals surface area contributed by atoms with Crippen molar-refractivity contribution in [1.82, 2.24) is 15.0 Å². The molecule has 1 unspecified atom stereocenters. The van der Waals surface area contributed by atoms with Gasteiger partial charge in [-0.2, -0.15) is 15.0 Å². The summed E-state index contributed by atoms with van der Waals surface area (Å²) in [5.74, 6) is 6.51. The van der Waals surface area contributed by atoms with Crippen molar-refractivity contribution in [2.75, 3.05) is 41.9 Å². The first kappa shape index (κ1) is 14.7. The van der Waals surface area contributed by atoms with E-state index >= 15 is 0 Å². The van der Waals surface area contributed by atoms with Crippen molar-refractivity contribution >= 4 is 17.8 Å². The summed E-state index contributed by atoms with van der Waals surface area (Å²) in [6.07, 6.45) is 2.59. The lowest BCUT2D eigenvalue weighted by atomic mass is 10.1. The van der Waals surface area contributed by atoms with Crippen molar-refractivity contribution in [2.24, 2.45) is 5.84 Å². The molecule has 0 aliphatic carbocycles. The lowest BCUT2D eigenvalue weighted by Crippen LogP contribution is -2.32. The number of nitrogen functional groups attached to an aromatic ring is 1. The second kappa shape index (κ2) is 7.17. The molecule has 0 bridgehead atoms. The largest absolute Gasteiger partial charge is 0.394 e. The van der Waals surface area contributed by atoms with Gasteiger partial charge in [-0.3, -0.25) is 5.43 Å². The van der Waals surface area contributed by atoms with Crippen LogP contribution >= 0.6 is 0 Å². The van der Waals surface area contributed by atoms with E-state index < -0.39 is 6.10 Å². The highest BCUT2D eigenvalue weighted by atomic mass is 16.3. The third-order valence-electron chi connectivity index (χ3n) is 3.10. The fourth-order valence-electron chi connectivity index (χ4n) is 2.02. The van der Waals surface area contributed by atoms with E-state index in [2.05, 4.69) is 30.6 Å². The third kappa shape index (κ3) is 3.89. The van der Waals surface area contributed by atoms with E-state index in [1.54, 1.807) is 0 Å². The van der Waals surface area contributed by atoms with Crippen LogP contribution in [0.2, 0.25) is 0 Å². The highest BCUT2D eigenvalue weighted by Crippen LogP contribution is 2.18. The molecule has 0 radical (unpaired) electrons. The number of aliphatic hydroxyl groups is 2. The summed E-state index contributed by atoms with van der Waals surface area (Å²) in [5, 5.41) is 21.0. The molecule has 1 aromatic heterocycles. The Morgan fingerprint density at radius 1 is 1.15 bits per heavy atom. The minimum absolute atomic E-state index is 0.157. The van der Waals surface area contributed by atoms with Gasteiger partial charge >= 0.3 is 0 Å². The van der Waals surface area contributed by atoms with Crippen LogP contribution in [0.1, 0.15) is 19.3 Å². The number of nitrogens with one attached hydrogen (secondary N) is 2. The monoisotopic (exact) mass is 283 g/mol. The first-order valence-electron chi connectivity index (χ1n) is 6.73. The normalized spacial score (nSPS) is 16.9. The first-order chi connectivity index (χ1) is 9.72. The van der Waals surface area contributed by atoms with Gasteiger partial charge in [0, 0.05) is 19.6 Å². The molecule has 1 aliphatic rings. The molecule has 1 atom stereocenters. The molecule has 2 heterocycles. The van der Waals surface area contributed by atoms with Crippen LogP contribution in [0.25, 0.3) is 0 Å². The van der Waals surface area contributed by atoms with Crippen molar-refractivity contribution in [2.45, 2.75) is 25.4 Å². The second-order valence-electron chi connectivity index (χ2n) is 4.69. The Hall–Kier alpha value is -1.71. The fraction of sp³-hybridized carbons (Fsp3) is 0.727. The molecule has 0 saturated carbocycles. The second-order valence-corrected chi connectivity index (χ2v) is 4.69. The molecule has 20 heavy (non-hydrogen) atoms. The van der Waals surface area contributed by atoms with E-state index in [0.717, 1.165) is 25.9 Å². The zero-order valence-corrected chi connectivity index (χ0v) is 11.3. The smallest absolute Gasteiger partial charge is 0.243 e. The Balaban J connectivity index is 2.10. The number of nitrogens with two attached hydrogens (primary N) is 1. The molecule has 1 aliphatic heterocycles. The quantitative estimate of drug-likeness (QED) is 0.326. The van der Waals surface area contributed by atoms with Crippen molar-refractivity contribution in [3.8, 4) is 0 Å². The zero-order valence-electron chi connectivity index (χ0n) is 11.3. The standard InChI is InChI=1S/C11H21N7O2/c12-17-10-14-9(13-6-8(20)7-19)15-11(16-10)18-4-2-1-3-5-18/h8,19-20H,1-7,12H2,(H2,13,14,15,16,17). The van der Waals surface area contributed by atoms with E-state index in [0.29, 0.717) is 11.9 Å². The number of hydrazine groups is 1. The summed E-state index contributed by atoms with van der Waals surface area (Å²) in [6, 6.07) is 0. The summed E-state index contributed by atoms with van der Waals surface area (Å²) < 4.78 is 0.